The summed E-state index contributed by atoms with van der Waals surface area (Å²) in [6, 6.07) is 8.25. The first-order chi connectivity index (χ1) is 8.20. The Bertz CT molecular complexity index is 431. The van der Waals surface area contributed by atoms with Gasteiger partial charge in [0.25, 0.3) is 0 Å². The molecule has 0 aliphatic carbocycles. The third kappa shape index (κ3) is 2.08. The lowest BCUT2D eigenvalue weighted by molar-refractivity contribution is -0.129. The van der Waals surface area contributed by atoms with Crippen molar-refractivity contribution >= 4 is 0 Å². The van der Waals surface area contributed by atoms with Gasteiger partial charge in [0.15, 0.2) is 0 Å². The molecular weight excluding hydrogens is 224 g/mol. The minimum Gasteiger partial charge on any atom is -0.382 e. The summed E-state index contributed by atoms with van der Waals surface area (Å²) < 4.78 is 6.01. The summed E-state index contributed by atoms with van der Waals surface area (Å²) in [7, 11) is 0. The van der Waals surface area contributed by atoms with E-state index in [1.807, 2.05) is 39.8 Å². The largest absolute Gasteiger partial charge is 0.382 e. The van der Waals surface area contributed by atoms with E-state index in [0.29, 0.717) is 6.42 Å². The van der Waals surface area contributed by atoms with Crippen LogP contribution < -0.4 is 0 Å². The molecule has 0 spiro atoms. The maximum Gasteiger partial charge on any atom is 0.121 e. The quantitative estimate of drug-likeness (QED) is 0.869. The van der Waals surface area contributed by atoms with Crippen LogP contribution in [-0.4, -0.2) is 16.3 Å². The third-order valence-corrected chi connectivity index (χ3v) is 4.05. The molecule has 1 saturated heterocycles. The normalized spacial score (nSPS) is 29.4. The van der Waals surface area contributed by atoms with Crippen LogP contribution in [-0.2, 0) is 16.8 Å². The van der Waals surface area contributed by atoms with Crippen LogP contribution in [0.1, 0.15) is 52.2 Å². The Morgan fingerprint density at radius 1 is 1.11 bits per heavy atom. The molecule has 0 radical (unpaired) electrons. The second-order valence-corrected chi connectivity index (χ2v) is 6.46. The summed E-state index contributed by atoms with van der Waals surface area (Å²) in [6.45, 7) is 10.1. The first kappa shape index (κ1) is 13.6. The van der Waals surface area contributed by atoms with Gasteiger partial charge in [-0.25, -0.2) is 0 Å². The average Bonchev–Trinajstić information content (AvgIpc) is 2.43. The molecule has 1 fully saturated rings. The van der Waals surface area contributed by atoms with Crippen LogP contribution in [0.4, 0.5) is 0 Å². The first-order valence-corrected chi connectivity index (χ1v) is 6.72. The van der Waals surface area contributed by atoms with Crippen molar-refractivity contribution in [3.8, 4) is 0 Å². The molecule has 1 aliphatic rings. The van der Waals surface area contributed by atoms with Crippen LogP contribution >= 0.6 is 0 Å². The lowest BCUT2D eigenvalue weighted by atomic mass is 9.77. The highest BCUT2D eigenvalue weighted by Crippen LogP contribution is 2.50. The summed E-state index contributed by atoms with van der Waals surface area (Å²) in [6.07, 6.45) is 1.64. The molecule has 100 valence electrons. The molecule has 0 amide bonds. The van der Waals surface area contributed by atoms with Gasteiger partial charge < -0.3 is 9.84 Å². The zero-order valence-electron chi connectivity index (χ0n) is 12.1. The monoisotopic (exact) mass is 248 g/mol. The summed E-state index contributed by atoms with van der Waals surface area (Å²) in [5, 5.41) is 11.1. The highest BCUT2D eigenvalue weighted by molar-refractivity contribution is 5.31. The van der Waals surface area contributed by atoms with E-state index in [2.05, 4.69) is 19.1 Å². The topological polar surface area (TPSA) is 29.5 Å². The number of hydrogen-bond acceptors (Lipinski definition) is 2. The standard InChI is InChI=1S/C16H24O2/c1-6-12-7-9-13(10-8-12)16(17)11-14(2,3)18-15(16,4)5/h7-10,17H,6,11H2,1-5H3. The number of aliphatic hydroxyl groups is 1. The van der Waals surface area contributed by atoms with Crippen molar-refractivity contribution in [1.82, 2.24) is 0 Å². The molecule has 2 rings (SSSR count). The van der Waals surface area contributed by atoms with Gasteiger partial charge in [-0.1, -0.05) is 31.2 Å². The number of hydrogen-bond donors (Lipinski definition) is 1. The number of ether oxygens (including phenoxy) is 1. The Balaban J connectivity index is 2.41. The fourth-order valence-corrected chi connectivity index (χ4v) is 3.11. The summed E-state index contributed by atoms with van der Waals surface area (Å²) in [5.41, 5.74) is 0.475. The minimum absolute atomic E-state index is 0.290. The van der Waals surface area contributed by atoms with Gasteiger partial charge in [0.05, 0.1) is 11.2 Å². The fourth-order valence-electron chi connectivity index (χ4n) is 3.11. The van der Waals surface area contributed by atoms with E-state index < -0.39 is 11.2 Å². The average molecular weight is 248 g/mol. The molecule has 0 bridgehead atoms. The molecule has 18 heavy (non-hydrogen) atoms. The van der Waals surface area contributed by atoms with Crippen molar-refractivity contribution in [1.29, 1.82) is 0 Å². The van der Waals surface area contributed by atoms with Crippen molar-refractivity contribution in [3.05, 3.63) is 35.4 Å². The zero-order chi connectivity index (χ0) is 13.6. The molecule has 2 nitrogen and oxygen atoms in total. The molecule has 1 unspecified atom stereocenters. The van der Waals surface area contributed by atoms with Crippen LogP contribution in [0.15, 0.2) is 24.3 Å². The van der Waals surface area contributed by atoms with Crippen LogP contribution in [0.25, 0.3) is 0 Å². The van der Waals surface area contributed by atoms with Gasteiger partial charge in [-0.15, -0.1) is 0 Å². The lowest BCUT2D eigenvalue weighted by Crippen LogP contribution is -2.43. The Hall–Kier alpha value is -0.860. The molecule has 1 atom stereocenters. The van der Waals surface area contributed by atoms with Crippen molar-refractivity contribution in [2.45, 2.75) is 64.3 Å². The van der Waals surface area contributed by atoms with Gasteiger partial charge in [-0.2, -0.15) is 0 Å². The van der Waals surface area contributed by atoms with Crippen molar-refractivity contribution < 1.29 is 9.84 Å². The molecule has 0 aromatic heterocycles. The SMILES string of the molecule is CCc1ccc(C2(O)CC(C)(C)OC2(C)C)cc1. The van der Waals surface area contributed by atoms with E-state index in [0.717, 1.165) is 12.0 Å². The third-order valence-electron chi connectivity index (χ3n) is 4.05. The van der Waals surface area contributed by atoms with Crippen molar-refractivity contribution in [2.24, 2.45) is 0 Å². The second kappa shape index (κ2) is 4.07. The van der Waals surface area contributed by atoms with Gasteiger partial charge in [0.2, 0.25) is 0 Å². The summed E-state index contributed by atoms with van der Waals surface area (Å²) in [5.74, 6) is 0. The summed E-state index contributed by atoms with van der Waals surface area (Å²) >= 11 is 0. The first-order valence-electron chi connectivity index (χ1n) is 6.72. The lowest BCUT2D eigenvalue weighted by Gasteiger charge is -2.35. The molecular formula is C16H24O2. The molecule has 0 saturated carbocycles. The molecule has 1 aromatic rings. The van der Waals surface area contributed by atoms with E-state index >= 15 is 0 Å². The smallest absolute Gasteiger partial charge is 0.121 e. The Kier molecular flexibility index (Phi) is 3.07. The van der Waals surface area contributed by atoms with Crippen LogP contribution in [0.2, 0.25) is 0 Å². The van der Waals surface area contributed by atoms with Gasteiger partial charge in [0, 0.05) is 6.42 Å². The zero-order valence-corrected chi connectivity index (χ0v) is 12.1. The molecule has 1 aliphatic heterocycles. The van der Waals surface area contributed by atoms with Crippen LogP contribution in [0.5, 0.6) is 0 Å². The predicted octanol–water partition coefficient (Wildman–Crippen LogP) is 3.41. The Morgan fingerprint density at radius 3 is 2.06 bits per heavy atom. The van der Waals surface area contributed by atoms with Gasteiger partial charge >= 0.3 is 0 Å². The minimum atomic E-state index is -0.914. The van der Waals surface area contributed by atoms with Gasteiger partial charge in [0.1, 0.15) is 5.60 Å². The Labute approximate surface area is 110 Å². The fraction of sp³-hybridized carbons (Fsp3) is 0.625. The number of aryl methyl sites for hydroxylation is 1. The maximum atomic E-state index is 11.1. The van der Waals surface area contributed by atoms with Crippen molar-refractivity contribution in [3.63, 3.8) is 0 Å². The molecule has 1 heterocycles. The van der Waals surface area contributed by atoms with Crippen molar-refractivity contribution in [2.75, 3.05) is 0 Å². The second-order valence-electron chi connectivity index (χ2n) is 6.46. The van der Waals surface area contributed by atoms with E-state index in [9.17, 15) is 5.11 Å². The molecule has 2 heteroatoms. The Morgan fingerprint density at radius 2 is 1.67 bits per heavy atom. The molecule has 1 N–H and O–H groups in total. The van der Waals surface area contributed by atoms with Gasteiger partial charge in [-0.05, 0) is 45.2 Å². The van der Waals surface area contributed by atoms with E-state index in [1.54, 1.807) is 0 Å². The number of benzene rings is 1. The highest BCUT2D eigenvalue weighted by Gasteiger charge is 2.57. The van der Waals surface area contributed by atoms with E-state index in [4.69, 9.17) is 4.74 Å². The number of rotatable bonds is 2. The van der Waals surface area contributed by atoms with E-state index in [1.165, 1.54) is 5.56 Å². The maximum absolute atomic E-state index is 11.1. The predicted molar refractivity (Wildman–Crippen MR) is 73.6 cm³/mol. The van der Waals surface area contributed by atoms with E-state index in [-0.39, 0.29) is 5.60 Å². The van der Waals surface area contributed by atoms with Gasteiger partial charge in [-0.3, -0.25) is 0 Å². The summed E-state index contributed by atoms with van der Waals surface area (Å²) in [4.78, 5) is 0. The highest BCUT2D eigenvalue weighted by atomic mass is 16.5. The van der Waals surface area contributed by atoms with Crippen LogP contribution in [0.3, 0.4) is 0 Å². The van der Waals surface area contributed by atoms with Crippen LogP contribution in [0, 0.1) is 0 Å². The molecule has 1 aromatic carbocycles.